The number of fused-ring (bicyclic) bond motifs is 1. The molecular formula is C20H17BrN6O3. The Morgan fingerprint density at radius 2 is 2.07 bits per heavy atom. The molecule has 152 valence electrons. The number of pyridine rings is 1. The van der Waals surface area contributed by atoms with E-state index < -0.39 is 0 Å². The van der Waals surface area contributed by atoms with Crippen molar-refractivity contribution in [3.63, 3.8) is 0 Å². The molecule has 1 N–H and O–H groups in total. The van der Waals surface area contributed by atoms with Gasteiger partial charge < -0.3 is 14.8 Å². The average molecular weight is 469 g/mol. The number of benzene rings is 1. The van der Waals surface area contributed by atoms with Crippen molar-refractivity contribution in [1.82, 2.24) is 30.1 Å². The number of nitrogens with zero attached hydrogens (tertiary/aromatic N) is 5. The van der Waals surface area contributed by atoms with E-state index in [1.165, 1.54) is 6.20 Å². The van der Waals surface area contributed by atoms with Crippen molar-refractivity contribution in [2.45, 2.75) is 0 Å². The van der Waals surface area contributed by atoms with Crippen molar-refractivity contribution in [2.24, 2.45) is 0 Å². The molecule has 0 unspecified atom stereocenters. The highest BCUT2D eigenvalue weighted by molar-refractivity contribution is 9.10. The summed E-state index contributed by atoms with van der Waals surface area (Å²) in [4.78, 5) is 16.1. The molecule has 0 fully saturated rings. The minimum absolute atomic E-state index is 0.227. The van der Waals surface area contributed by atoms with Gasteiger partial charge in [0.1, 0.15) is 12.4 Å². The average Bonchev–Trinajstić information content (AvgIpc) is 3.20. The van der Waals surface area contributed by atoms with E-state index >= 15 is 0 Å². The van der Waals surface area contributed by atoms with Crippen LogP contribution in [-0.4, -0.2) is 51.0 Å². The first-order valence-corrected chi connectivity index (χ1v) is 9.82. The third-order valence-electron chi connectivity index (χ3n) is 4.17. The van der Waals surface area contributed by atoms with Crippen molar-refractivity contribution < 1.29 is 14.3 Å². The normalized spacial score (nSPS) is 10.7. The van der Waals surface area contributed by atoms with Gasteiger partial charge in [-0.1, -0.05) is 12.1 Å². The van der Waals surface area contributed by atoms with Gasteiger partial charge in [0, 0.05) is 28.5 Å². The lowest BCUT2D eigenvalue weighted by Gasteiger charge is -2.08. The van der Waals surface area contributed by atoms with Crippen molar-refractivity contribution in [1.29, 1.82) is 0 Å². The van der Waals surface area contributed by atoms with Gasteiger partial charge in [0.25, 0.3) is 5.91 Å². The van der Waals surface area contributed by atoms with Gasteiger partial charge in [0.05, 0.1) is 19.2 Å². The largest absolute Gasteiger partial charge is 0.497 e. The van der Waals surface area contributed by atoms with Crippen molar-refractivity contribution in [3.8, 4) is 23.0 Å². The third-order valence-corrected chi connectivity index (χ3v) is 4.60. The first-order valence-electron chi connectivity index (χ1n) is 9.02. The Bertz CT molecular complexity index is 1200. The number of aromatic nitrogens is 5. The van der Waals surface area contributed by atoms with Crippen LogP contribution in [-0.2, 0) is 0 Å². The fourth-order valence-corrected chi connectivity index (χ4v) is 3.11. The van der Waals surface area contributed by atoms with Crippen LogP contribution in [0.25, 0.3) is 17.0 Å². The summed E-state index contributed by atoms with van der Waals surface area (Å²) in [7, 11) is 1.61. The maximum atomic E-state index is 12.1. The molecule has 0 aliphatic carbocycles. The standard InChI is InChI=1S/C20H17BrN6O3/c1-29-16-4-2-3-13(10-16)19-25-24-17-5-6-18(26-27(17)19)30-8-7-23-20(28)14-9-15(21)12-22-11-14/h2-6,9-12H,7-8H2,1H3,(H,23,28). The number of hydrogen-bond acceptors (Lipinski definition) is 7. The molecule has 30 heavy (non-hydrogen) atoms. The first kappa shape index (κ1) is 19.8. The van der Waals surface area contributed by atoms with Crippen LogP contribution in [0.2, 0.25) is 0 Å². The van der Waals surface area contributed by atoms with Crippen LogP contribution in [0, 0.1) is 0 Å². The molecule has 0 saturated carbocycles. The van der Waals surface area contributed by atoms with Crippen LogP contribution in [0.1, 0.15) is 10.4 Å². The summed E-state index contributed by atoms with van der Waals surface area (Å²) in [6.45, 7) is 0.568. The summed E-state index contributed by atoms with van der Waals surface area (Å²) < 4.78 is 13.3. The van der Waals surface area contributed by atoms with Gasteiger partial charge in [-0.15, -0.1) is 15.3 Å². The van der Waals surface area contributed by atoms with Crippen LogP contribution in [0.4, 0.5) is 0 Å². The molecule has 4 aromatic rings. The summed E-state index contributed by atoms with van der Waals surface area (Å²) in [6, 6.07) is 12.7. The van der Waals surface area contributed by atoms with Gasteiger partial charge in [-0.3, -0.25) is 9.78 Å². The van der Waals surface area contributed by atoms with Crippen molar-refractivity contribution >= 4 is 27.5 Å². The molecule has 10 heteroatoms. The molecule has 0 saturated heterocycles. The Morgan fingerprint density at radius 3 is 2.90 bits per heavy atom. The molecule has 1 aromatic carbocycles. The Kier molecular flexibility index (Phi) is 5.84. The topological polar surface area (TPSA) is 104 Å². The van der Waals surface area contributed by atoms with E-state index in [-0.39, 0.29) is 12.5 Å². The Labute approximate surface area is 180 Å². The molecule has 0 bridgehead atoms. The number of methoxy groups -OCH3 is 1. The maximum absolute atomic E-state index is 12.1. The second-order valence-corrected chi connectivity index (χ2v) is 7.11. The number of nitrogens with one attached hydrogen (secondary N) is 1. The van der Waals surface area contributed by atoms with E-state index in [0.717, 1.165) is 10.0 Å². The summed E-state index contributed by atoms with van der Waals surface area (Å²) >= 11 is 3.29. The third kappa shape index (κ3) is 4.38. The highest BCUT2D eigenvalue weighted by Gasteiger charge is 2.11. The number of rotatable bonds is 7. The number of hydrogen-bond donors (Lipinski definition) is 1. The molecule has 0 radical (unpaired) electrons. The SMILES string of the molecule is COc1cccc(-c2nnc3ccc(OCCNC(=O)c4cncc(Br)c4)nn23)c1. The Hall–Kier alpha value is -3.53. The molecular weight excluding hydrogens is 452 g/mol. The summed E-state index contributed by atoms with van der Waals surface area (Å²) in [5.41, 5.74) is 1.88. The highest BCUT2D eigenvalue weighted by atomic mass is 79.9. The number of carbonyl (C=O) groups is 1. The van der Waals surface area contributed by atoms with E-state index in [0.29, 0.717) is 35.2 Å². The quantitative estimate of drug-likeness (QED) is 0.415. The molecule has 4 rings (SSSR count). The smallest absolute Gasteiger partial charge is 0.253 e. The lowest BCUT2D eigenvalue weighted by atomic mass is 10.2. The molecule has 1 amide bonds. The molecule has 3 heterocycles. The number of carbonyl (C=O) groups excluding carboxylic acids is 1. The van der Waals surface area contributed by atoms with Crippen LogP contribution >= 0.6 is 15.9 Å². The van der Waals surface area contributed by atoms with E-state index in [4.69, 9.17) is 9.47 Å². The Morgan fingerprint density at radius 1 is 1.17 bits per heavy atom. The fourth-order valence-electron chi connectivity index (χ4n) is 2.75. The minimum Gasteiger partial charge on any atom is -0.497 e. The molecule has 9 nitrogen and oxygen atoms in total. The molecule has 0 aliphatic heterocycles. The Balaban J connectivity index is 1.42. The summed E-state index contributed by atoms with van der Waals surface area (Å²) in [5, 5.41) is 15.6. The van der Waals surface area contributed by atoms with Gasteiger partial charge in [-0.25, -0.2) is 0 Å². The van der Waals surface area contributed by atoms with Gasteiger partial charge in [-0.05, 0) is 40.2 Å². The summed E-state index contributed by atoms with van der Waals surface area (Å²) in [6.07, 6.45) is 3.12. The van der Waals surface area contributed by atoms with Crippen LogP contribution in [0.5, 0.6) is 11.6 Å². The second-order valence-electron chi connectivity index (χ2n) is 6.19. The van der Waals surface area contributed by atoms with Crippen LogP contribution in [0.3, 0.4) is 0 Å². The molecule has 0 spiro atoms. The number of amides is 1. The van der Waals surface area contributed by atoms with Gasteiger partial charge in [-0.2, -0.15) is 4.52 Å². The van der Waals surface area contributed by atoms with Gasteiger partial charge in [0.15, 0.2) is 11.5 Å². The van der Waals surface area contributed by atoms with E-state index in [2.05, 4.69) is 41.5 Å². The predicted octanol–water partition coefficient (Wildman–Crippen LogP) is 2.77. The molecule has 0 atom stereocenters. The monoisotopic (exact) mass is 468 g/mol. The molecule has 0 aliphatic rings. The van der Waals surface area contributed by atoms with E-state index in [9.17, 15) is 4.79 Å². The zero-order valence-corrected chi connectivity index (χ0v) is 17.5. The first-order chi connectivity index (χ1) is 14.6. The lowest BCUT2D eigenvalue weighted by molar-refractivity contribution is 0.0946. The summed E-state index contributed by atoms with van der Waals surface area (Å²) in [5.74, 6) is 1.46. The molecule has 3 aromatic heterocycles. The van der Waals surface area contributed by atoms with Crippen molar-refractivity contribution in [2.75, 3.05) is 20.3 Å². The number of ether oxygens (including phenoxy) is 2. The van der Waals surface area contributed by atoms with Crippen molar-refractivity contribution in [3.05, 3.63) is 64.9 Å². The zero-order chi connectivity index (χ0) is 20.9. The van der Waals surface area contributed by atoms with Crippen LogP contribution in [0.15, 0.2) is 59.3 Å². The van der Waals surface area contributed by atoms with Gasteiger partial charge in [0.2, 0.25) is 5.88 Å². The lowest BCUT2D eigenvalue weighted by Crippen LogP contribution is -2.28. The highest BCUT2D eigenvalue weighted by Crippen LogP contribution is 2.23. The fraction of sp³-hybridized carbons (Fsp3) is 0.150. The van der Waals surface area contributed by atoms with Crippen LogP contribution < -0.4 is 14.8 Å². The van der Waals surface area contributed by atoms with E-state index in [1.54, 1.807) is 36.0 Å². The number of halogens is 1. The minimum atomic E-state index is -0.227. The predicted molar refractivity (Wildman–Crippen MR) is 113 cm³/mol. The zero-order valence-electron chi connectivity index (χ0n) is 15.9. The van der Waals surface area contributed by atoms with E-state index in [1.807, 2.05) is 24.3 Å². The van der Waals surface area contributed by atoms with Gasteiger partial charge >= 0.3 is 0 Å². The second kappa shape index (κ2) is 8.87. The maximum Gasteiger partial charge on any atom is 0.253 e.